The average molecular weight is 322 g/mol. The van der Waals surface area contributed by atoms with Crippen molar-refractivity contribution in [2.45, 2.75) is 18.9 Å². The van der Waals surface area contributed by atoms with E-state index in [-0.39, 0.29) is 23.4 Å². The van der Waals surface area contributed by atoms with Crippen molar-refractivity contribution >= 4 is 31.5 Å². The van der Waals surface area contributed by atoms with Gasteiger partial charge in [0.05, 0.1) is 16.0 Å². The lowest BCUT2D eigenvalue weighted by Gasteiger charge is -2.24. The van der Waals surface area contributed by atoms with Gasteiger partial charge in [-0.05, 0) is 47.0 Å². The summed E-state index contributed by atoms with van der Waals surface area (Å²) < 4.78 is 36.2. The molecule has 0 aromatic heterocycles. The summed E-state index contributed by atoms with van der Waals surface area (Å²) >= 11 is 3.09. The molecular formula is C11H13BrFNO2S. The molecule has 1 aliphatic heterocycles. The number of anilines is 1. The minimum atomic E-state index is -2.84. The first kappa shape index (κ1) is 12.8. The quantitative estimate of drug-likeness (QED) is 0.910. The molecular weight excluding hydrogens is 309 g/mol. The third-order valence-electron chi connectivity index (χ3n) is 2.85. The van der Waals surface area contributed by atoms with Crippen LogP contribution in [0.15, 0.2) is 22.7 Å². The van der Waals surface area contributed by atoms with Crippen molar-refractivity contribution in [1.29, 1.82) is 0 Å². The largest absolute Gasteiger partial charge is 0.382 e. The second-order valence-corrected chi connectivity index (χ2v) is 7.36. The zero-order chi connectivity index (χ0) is 12.5. The molecule has 1 fully saturated rings. The highest BCUT2D eigenvalue weighted by Gasteiger charge is 2.23. The smallest absolute Gasteiger partial charge is 0.150 e. The maximum absolute atomic E-state index is 13.3. The topological polar surface area (TPSA) is 46.2 Å². The summed E-state index contributed by atoms with van der Waals surface area (Å²) in [4.78, 5) is 0. The summed E-state index contributed by atoms with van der Waals surface area (Å²) in [6.45, 7) is 0. The SMILES string of the molecule is O=S1(=O)CCC(Nc2ccc(Br)c(F)c2)CC1. The van der Waals surface area contributed by atoms with E-state index in [0.29, 0.717) is 23.0 Å². The van der Waals surface area contributed by atoms with Crippen molar-refractivity contribution in [3.05, 3.63) is 28.5 Å². The molecule has 3 nitrogen and oxygen atoms in total. The summed E-state index contributed by atoms with van der Waals surface area (Å²) in [5, 5.41) is 3.16. The maximum Gasteiger partial charge on any atom is 0.150 e. The van der Waals surface area contributed by atoms with Crippen LogP contribution in [0.5, 0.6) is 0 Å². The van der Waals surface area contributed by atoms with E-state index in [1.165, 1.54) is 6.07 Å². The Balaban J connectivity index is 2.00. The molecule has 2 rings (SSSR count). The molecule has 1 aromatic rings. The summed E-state index contributed by atoms with van der Waals surface area (Å²) in [6, 6.07) is 4.93. The van der Waals surface area contributed by atoms with E-state index in [0.717, 1.165) is 0 Å². The van der Waals surface area contributed by atoms with Crippen LogP contribution < -0.4 is 5.32 Å². The minimum Gasteiger partial charge on any atom is -0.382 e. The van der Waals surface area contributed by atoms with E-state index in [4.69, 9.17) is 0 Å². The van der Waals surface area contributed by atoms with Crippen LogP contribution in [0.25, 0.3) is 0 Å². The van der Waals surface area contributed by atoms with Crippen molar-refractivity contribution in [3.8, 4) is 0 Å². The molecule has 94 valence electrons. The van der Waals surface area contributed by atoms with Crippen molar-refractivity contribution in [2.75, 3.05) is 16.8 Å². The molecule has 0 radical (unpaired) electrons. The Morgan fingerprint density at radius 2 is 1.94 bits per heavy atom. The molecule has 17 heavy (non-hydrogen) atoms. The van der Waals surface area contributed by atoms with Gasteiger partial charge in [-0.25, -0.2) is 12.8 Å². The predicted molar refractivity (Wildman–Crippen MR) is 69.4 cm³/mol. The molecule has 1 aromatic carbocycles. The number of rotatable bonds is 2. The number of benzene rings is 1. The predicted octanol–water partition coefficient (Wildman–Crippen LogP) is 2.58. The minimum absolute atomic E-state index is 0.110. The fourth-order valence-electron chi connectivity index (χ4n) is 1.86. The molecule has 1 N–H and O–H groups in total. The summed E-state index contributed by atoms with van der Waals surface area (Å²) in [5.41, 5.74) is 0.690. The van der Waals surface area contributed by atoms with Crippen LogP contribution in [-0.4, -0.2) is 26.0 Å². The van der Waals surface area contributed by atoms with Gasteiger partial charge in [-0.15, -0.1) is 0 Å². The highest BCUT2D eigenvalue weighted by Crippen LogP contribution is 2.22. The van der Waals surface area contributed by atoms with Crippen LogP contribution in [0, 0.1) is 5.82 Å². The molecule has 0 bridgehead atoms. The van der Waals surface area contributed by atoms with E-state index in [9.17, 15) is 12.8 Å². The Hall–Kier alpha value is -0.620. The van der Waals surface area contributed by atoms with E-state index in [1.54, 1.807) is 12.1 Å². The number of nitrogens with one attached hydrogen (secondary N) is 1. The Morgan fingerprint density at radius 3 is 2.53 bits per heavy atom. The van der Waals surface area contributed by atoms with Crippen molar-refractivity contribution in [2.24, 2.45) is 0 Å². The van der Waals surface area contributed by atoms with Crippen molar-refractivity contribution < 1.29 is 12.8 Å². The van der Waals surface area contributed by atoms with Gasteiger partial charge >= 0.3 is 0 Å². The molecule has 1 saturated heterocycles. The third kappa shape index (κ3) is 3.42. The van der Waals surface area contributed by atoms with Crippen LogP contribution >= 0.6 is 15.9 Å². The van der Waals surface area contributed by atoms with Crippen LogP contribution in [-0.2, 0) is 9.84 Å². The van der Waals surface area contributed by atoms with E-state index in [2.05, 4.69) is 21.2 Å². The average Bonchev–Trinajstić information content (AvgIpc) is 2.27. The lowest BCUT2D eigenvalue weighted by atomic mass is 10.1. The third-order valence-corrected chi connectivity index (χ3v) is 5.20. The standard InChI is InChI=1S/C11H13BrFNO2S/c12-10-2-1-9(7-11(10)13)14-8-3-5-17(15,16)6-4-8/h1-2,7-8,14H,3-6H2. The Bertz CT molecular complexity index is 504. The molecule has 1 aliphatic rings. The summed E-state index contributed by atoms with van der Waals surface area (Å²) in [6.07, 6.45) is 1.17. The van der Waals surface area contributed by atoms with Crippen LogP contribution in [0.3, 0.4) is 0 Å². The molecule has 0 spiro atoms. The van der Waals surface area contributed by atoms with Gasteiger partial charge in [-0.2, -0.15) is 0 Å². The van der Waals surface area contributed by atoms with Crippen molar-refractivity contribution in [3.63, 3.8) is 0 Å². The van der Waals surface area contributed by atoms with Gasteiger partial charge in [-0.1, -0.05) is 0 Å². The van der Waals surface area contributed by atoms with Crippen LogP contribution in [0.2, 0.25) is 0 Å². The second kappa shape index (κ2) is 4.94. The van der Waals surface area contributed by atoms with Gasteiger partial charge in [0.15, 0.2) is 0 Å². The Labute approximate surface area is 108 Å². The fourth-order valence-corrected chi connectivity index (χ4v) is 3.59. The van der Waals surface area contributed by atoms with Gasteiger partial charge in [-0.3, -0.25) is 0 Å². The molecule has 0 amide bonds. The number of halogens is 2. The van der Waals surface area contributed by atoms with Gasteiger partial charge < -0.3 is 5.32 Å². The summed E-state index contributed by atoms with van der Waals surface area (Å²) in [5.74, 6) is 0.103. The monoisotopic (exact) mass is 321 g/mol. The molecule has 6 heteroatoms. The Morgan fingerprint density at radius 1 is 1.29 bits per heavy atom. The van der Waals surface area contributed by atoms with E-state index in [1.807, 2.05) is 0 Å². The van der Waals surface area contributed by atoms with E-state index >= 15 is 0 Å². The number of sulfone groups is 1. The maximum atomic E-state index is 13.3. The highest BCUT2D eigenvalue weighted by molar-refractivity contribution is 9.10. The van der Waals surface area contributed by atoms with Gasteiger partial charge in [0.2, 0.25) is 0 Å². The summed E-state index contributed by atoms with van der Waals surface area (Å²) in [7, 11) is -2.84. The highest BCUT2D eigenvalue weighted by atomic mass is 79.9. The fraction of sp³-hybridized carbons (Fsp3) is 0.455. The lowest BCUT2D eigenvalue weighted by Crippen LogP contribution is -2.32. The van der Waals surface area contributed by atoms with Gasteiger partial charge in [0, 0.05) is 11.7 Å². The molecule has 0 saturated carbocycles. The second-order valence-electron chi connectivity index (χ2n) is 4.20. The molecule has 1 heterocycles. The first-order chi connectivity index (χ1) is 7.96. The number of hydrogen-bond donors (Lipinski definition) is 1. The lowest BCUT2D eigenvalue weighted by molar-refractivity contribution is 0.559. The van der Waals surface area contributed by atoms with Crippen LogP contribution in [0.4, 0.5) is 10.1 Å². The molecule has 0 atom stereocenters. The molecule has 0 aliphatic carbocycles. The Kier molecular flexibility index (Phi) is 3.73. The van der Waals surface area contributed by atoms with Gasteiger partial charge in [0.1, 0.15) is 15.7 Å². The van der Waals surface area contributed by atoms with Crippen LogP contribution in [0.1, 0.15) is 12.8 Å². The number of hydrogen-bond acceptors (Lipinski definition) is 3. The first-order valence-corrected chi connectivity index (χ1v) is 8.00. The van der Waals surface area contributed by atoms with E-state index < -0.39 is 9.84 Å². The van der Waals surface area contributed by atoms with Gasteiger partial charge in [0.25, 0.3) is 0 Å². The zero-order valence-corrected chi connectivity index (χ0v) is 11.5. The molecule has 0 unspecified atom stereocenters. The normalized spacial score (nSPS) is 20.1. The first-order valence-electron chi connectivity index (χ1n) is 5.38. The zero-order valence-electron chi connectivity index (χ0n) is 9.12. The van der Waals surface area contributed by atoms with Crippen molar-refractivity contribution in [1.82, 2.24) is 0 Å².